The van der Waals surface area contributed by atoms with E-state index >= 15 is 0 Å². The summed E-state index contributed by atoms with van der Waals surface area (Å²) in [7, 11) is -3.62. The smallest absolute Gasteiger partial charge is 0.269 e. The van der Waals surface area contributed by atoms with Gasteiger partial charge < -0.3 is 0 Å². The molecule has 3 N–H and O–H groups in total. The number of hydrogen-bond donors (Lipinski definition) is 2. The van der Waals surface area contributed by atoms with Gasteiger partial charge in [0.1, 0.15) is 0 Å². The van der Waals surface area contributed by atoms with Crippen LogP contribution in [0.2, 0.25) is 0 Å². The molecule has 0 bridgehead atoms. The third-order valence-electron chi connectivity index (χ3n) is 1.72. The van der Waals surface area contributed by atoms with Crippen molar-refractivity contribution in [2.24, 2.45) is 5.14 Å². The fourth-order valence-electron chi connectivity index (χ4n) is 1.06. The van der Waals surface area contributed by atoms with Crippen molar-refractivity contribution in [3.05, 3.63) is 0 Å². The number of rotatable bonds is 4. The van der Waals surface area contributed by atoms with Crippen molar-refractivity contribution in [1.82, 2.24) is 10.2 Å². The van der Waals surface area contributed by atoms with Gasteiger partial charge in [0.2, 0.25) is 10.0 Å². The summed E-state index contributed by atoms with van der Waals surface area (Å²) in [6.07, 6.45) is 0.00523. The molecule has 8 nitrogen and oxygen atoms in total. The molecule has 1 aliphatic heterocycles. The van der Waals surface area contributed by atoms with Crippen molar-refractivity contribution < 1.29 is 22.8 Å². The largest absolute Gasteiger partial charge is 0.331 e. The first-order valence-corrected chi connectivity index (χ1v) is 5.70. The van der Waals surface area contributed by atoms with Crippen molar-refractivity contribution in [2.75, 3.05) is 12.3 Å². The summed E-state index contributed by atoms with van der Waals surface area (Å²) in [6.45, 7) is -0.146. The van der Waals surface area contributed by atoms with Crippen LogP contribution >= 0.6 is 0 Å². The van der Waals surface area contributed by atoms with Crippen LogP contribution < -0.4 is 10.5 Å². The normalized spacial score (nSPS) is 17.1. The van der Waals surface area contributed by atoms with Crippen molar-refractivity contribution in [3.8, 4) is 0 Å². The molecule has 84 valence electrons. The predicted octanol–water partition coefficient (Wildman–Crippen LogP) is -2.26. The standard InChI is InChI=1S/C6H9N3O5S/c7-15(13,14)3-1-2-9-5(11)4(10)8-6(9)12/h1-3H2,(H2,7,13,14)(H,8,10,12). The SMILES string of the molecule is NS(=O)(=O)CCCN1C(=O)NC(=O)C1=O. The monoisotopic (exact) mass is 235 g/mol. The van der Waals surface area contributed by atoms with Gasteiger partial charge in [0.05, 0.1) is 5.75 Å². The summed E-state index contributed by atoms with van der Waals surface area (Å²) < 4.78 is 21.1. The molecule has 1 aliphatic rings. The third kappa shape index (κ3) is 2.99. The Kier molecular flexibility index (Phi) is 3.05. The van der Waals surface area contributed by atoms with Crippen LogP contribution in [0.3, 0.4) is 0 Å². The van der Waals surface area contributed by atoms with E-state index in [0.29, 0.717) is 4.90 Å². The van der Waals surface area contributed by atoms with Gasteiger partial charge in [-0.05, 0) is 6.42 Å². The summed E-state index contributed by atoms with van der Waals surface area (Å²) in [6, 6.07) is -0.834. The molecule has 1 fully saturated rings. The van der Waals surface area contributed by atoms with E-state index in [9.17, 15) is 22.8 Å². The zero-order valence-electron chi connectivity index (χ0n) is 7.60. The lowest BCUT2D eigenvalue weighted by molar-refractivity contribution is -0.140. The Balaban J connectivity index is 2.50. The number of nitrogens with one attached hydrogen (secondary N) is 1. The van der Waals surface area contributed by atoms with E-state index in [1.165, 1.54) is 0 Å². The number of amides is 4. The lowest BCUT2D eigenvalue weighted by atomic mass is 10.4. The molecule has 0 atom stereocenters. The van der Waals surface area contributed by atoms with Crippen LogP contribution in [0.4, 0.5) is 4.79 Å². The summed E-state index contributed by atoms with van der Waals surface area (Å²) in [5.41, 5.74) is 0. The van der Waals surface area contributed by atoms with Crippen LogP contribution in [0.5, 0.6) is 0 Å². The molecule has 0 radical (unpaired) electrons. The quantitative estimate of drug-likeness (QED) is 0.420. The highest BCUT2D eigenvalue weighted by Gasteiger charge is 2.36. The van der Waals surface area contributed by atoms with Crippen molar-refractivity contribution in [2.45, 2.75) is 6.42 Å². The van der Waals surface area contributed by atoms with Gasteiger partial charge >= 0.3 is 17.8 Å². The average molecular weight is 235 g/mol. The second-order valence-electron chi connectivity index (χ2n) is 2.94. The molecule has 1 heterocycles. The maximum Gasteiger partial charge on any atom is 0.331 e. The number of nitrogens with zero attached hydrogens (tertiary/aromatic N) is 1. The average Bonchev–Trinajstić information content (AvgIpc) is 2.29. The molecule has 0 aliphatic carbocycles. The molecule has 0 spiro atoms. The van der Waals surface area contributed by atoms with Crippen molar-refractivity contribution >= 4 is 27.9 Å². The van der Waals surface area contributed by atoms with Crippen LogP contribution in [0.1, 0.15) is 6.42 Å². The first kappa shape index (κ1) is 11.6. The van der Waals surface area contributed by atoms with Gasteiger partial charge in [0.25, 0.3) is 0 Å². The van der Waals surface area contributed by atoms with Gasteiger partial charge in [-0.15, -0.1) is 0 Å². The molecule has 15 heavy (non-hydrogen) atoms. The van der Waals surface area contributed by atoms with Crippen LogP contribution in [0, 0.1) is 0 Å². The van der Waals surface area contributed by atoms with Gasteiger partial charge in [-0.1, -0.05) is 0 Å². The van der Waals surface area contributed by atoms with Crippen molar-refractivity contribution in [1.29, 1.82) is 0 Å². The van der Waals surface area contributed by atoms with E-state index in [1.54, 1.807) is 5.32 Å². The molecule has 9 heteroatoms. The number of sulfonamides is 1. The number of nitrogens with two attached hydrogens (primary N) is 1. The minimum absolute atomic E-state index is 0.00523. The highest BCUT2D eigenvalue weighted by molar-refractivity contribution is 7.89. The number of carbonyl (C=O) groups is 3. The van der Waals surface area contributed by atoms with E-state index < -0.39 is 27.9 Å². The van der Waals surface area contributed by atoms with Crippen LogP contribution in [-0.2, 0) is 19.6 Å². The second-order valence-corrected chi connectivity index (χ2v) is 4.67. The number of primary sulfonamides is 1. The fraction of sp³-hybridized carbons (Fsp3) is 0.500. The summed E-state index contributed by atoms with van der Waals surface area (Å²) in [5.74, 6) is -2.33. The Morgan fingerprint density at radius 3 is 2.27 bits per heavy atom. The summed E-state index contributed by atoms with van der Waals surface area (Å²) in [5, 5.41) is 6.50. The van der Waals surface area contributed by atoms with Crippen molar-refractivity contribution in [3.63, 3.8) is 0 Å². The first-order valence-electron chi connectivity index (χ1n) is 3.98. The highest BCUT2D eigenvalue weighted by Crippen LogP contribution is 2.01. The Morgan fingerprint density at radius 1 is 1.27 bits per heavy atom. The highest BCUT2D eigenvalue weighted by atomic mass is 32.2. The van der Waals surface area contributed by atoms with E-state index in [4.69, 9.17) is 5.14 Å². The minimum atomic E-state index is -3.62. The fourth-order valence-corrected chi connectivity index (χ4v) is 1.59. The Labute approximate surface area is 85.5 Å². The number of imide groups is 2. The Hall–Kier alpha value is -1.48. The van der Waals surface area contributed by atoms with Crippen LogP contribution in [0.15, 0.2) is 0 Å². The van der Waals surface area contributed by atoms with E-state index in [1.807, 2.05) is 0 Å². The number of hydrogen-bond acceptors (Lipinski definition) is 5. The van der Waals surface area contributed by atoms with Gasteiger partial charge in [-0.3, -0.25) is 19.8 Å². The first-order chi connectivity index (χ1) is 6.81. The molecule has 0 unspecified atom stereocenters. The van der Waals surface area contributed by atoms with Crippen LogP contribution in [0.25, 0.3) is 0 Å². The second kappa shape index (κ2) is 3.95. The number of urea groups is 1. The van der Waals surface area contributed by atoms with E-state index in [-0.39, 0.29) is 18.7 Å². The Morgan fingerprint density at radius 2 is 1.87 bits per heavy atom. The maximum atomic E-state index is 11.0. The molecular formula is C6H9N3O5S. The summed E-state index contributed by atoms with van der Waals surface area (Å²) in [4.78, 5) is 33.3. The van der Waals surface area contributed by atoms with E-state index in [2.05, 4.69) is 0 Å². The predicted molar refractivity (Wildman–Crippen MR) is 47.8 cm³/mol. The molecule has 4 amide bonds. The van der Waals surface area contributed by atoms with Gasteiger partial charge in [0.15, 0.2) is 0 Å². The van der Waals surface area contributed by atoms with E-state index in [0.717, 1.165) is 0 Å². The maximum absolute atomic E-state index is 11.0. The zero-order chi connectivity index (χ0) is 11.6. The van der Waals surface area contributed by atoms with Crippen LogP contribution in [-0.4, -0.2) is 43.5 Å². The Bertz CT molecular complexity index is 414. The molecule has 0 aromatic rings. The molecular weight excluding hydrogens is 226 g/mol. The molecule has 1 rings (SSSR count). The molecule has 1 saturated heterocycles. The minimum Gasteiger partial charge on any atom is -0.269 e. The molecule has 0 aromatic heterocycles. The summed E-state index contributed by atoms with van der Waals surface area (Å²) >= 11 is 0. The molecule has 0 aromatic carbocycles. The van der Waals surface area contributed by atoms with Gasteiger partial charge in [0, 0.05) is 6.54 Å². The lowest BCUT2D eigenvalue weighted by Crippen LogP contribution is -2.33. The topological polar surface area (TPSA) is 127 Å². The lowest BCUT2D eigenvalue weighted by Gasteiger charge is -2.09. The number of carbonyl (C=O) groups excluding carboxylic acids is 3. The third-order valence-corrected chi connectivity index (χ3v) is 2.57. The van der Waals surface area contributed by atoms with Gasteiger partial charge in [-0.2, -0.15) is 0 Å². The molecule has 0 saturated carbocycles. The zero-order valence-corrected chi connectivity index (χ0v) is 8.41. The van der Waals surface area contributed by atoms with Gasteiger partial charge in [-0.25, -0.2) is 18.4 Å².